The summed E-state index contributed by atoms with van der Waals surface area (Å²) in [4.78, 5) is 11.0. The molecule has 4 heteroatoms. The number of carboxylic acid groups (broad SMARTS) is 1. The zero-order valence-electron chi connectivity index (χ0n) is 9.87. The molecule has 16 heavy (non-hydrogen) atoms. The molecular formula is C12H21NO2S. The highest BCUT2D eigenvalue weighted by Gasteiger charge is 2.42. The van der Waals surface area contributed by atoms with Crippen molar-refractivity contribution >= 4 is 17.7 Å². The van der Waals surface area contributed by atoms with E-state index in [2.05, 4.69) is 12.2 Å². The van der Waals surface area contributed by atoms with Gasteiger partial charge in [-0.2, -0.15) is 0 Å². The number of thioether (sulfide) groups is 1. The Morgan fingerprint density at radius 2 is 2.31 bits per heavy atom. The fraction of sp³-hybridized carbons (Fsp3) is 0.917. The van der Waals surface area contributed by atoms with Crippen LogP contribution in [0.3, 0.4) is 0 Å². The van der Waals surface area contributed by atoms with E-state index in [9.17, 15) is 4.79 Å². The van der Waals surface area contributed by atoms with Gasteiger partial charge in [-0.3, -0.25) is 10.1 Å². The monoisotopic (exact) mass is 243 g/mol. The van der Waals surface area contributed by atoms with Gasteiger partial charge < -0.3 is 5.11 Å². The first kappa shape index (κ1) is 12.2. The van der Waals surface area contributed by atoms with Crippen molar-refractivity contribution in [2.24, 2.45) is 5.92 Å². The largest absolute Gasteiger partial charge is 0.480 e. The molecule has 1 saturated carbocycles. The topological polar surface area (TPSA) is 49.3 Å². The van der Waals surface area contributed by atoms with Crippen LogP contribution in [0.4, 0.5) is 0 Å². The molecule has 0 amide bonds. The van der Waals surface area contributed by atoms with Crippen LogP contribution >= 0.6 is 11.8 Å². The van der Waals surface area contributed by atoms with Crippen LogP contribution in [0, 0.1) is 5.92 Å². The van der Waals surface area contributed by atoms with Crippen molar-refractivity contribution in [3.63, 3.8) is 0 Å². The van der Waals surface area contributed by atoms with Gasteiger partial charge in [0.15, 0.2) is 0 Å². The van der Waals surface area contributed by atoms with Crippen LogP contribution in [0.1, 0.15) is 45.4 Å². The van der Waals surface area contributed by atoms with Crippen molar-refractivity contribution in [2.45, 2.75) is 56.4 Å². The third-order valence-electron chi connectivity index (χ3n) is 3.99. The van der Waals surface area contributed by atoms with Gasteiger partial charge in [0.1, 0.15) is 6.04 Å². The lowest BCUT2D eigenvalue weighted by atomic mass is 9.97. The minimum atomic E-state index is -0.694. The van der Waals surface area contributed by atoms with Crippen molar-refractivity contribution in [3.8, 4) is 0 Å². The second kappa shape index (κ2) is 4.96. The van der Waals surface area contributed by atoms with Gasteiger partial charge in [0.25, 0.3) is 0 Å². The summed E-state index contributed by atoms with van der Waals surface area (Å²) >= 11 is 1.84. The van der Waals surface area contributed by atoms with Crippen molar-refractivity contribution in [1.29, 1.82) is 0 Å². The number of nitrogens with one attached hydrogen (secondary N) is 1. The van der Waals surface area contributed by atoms with Crippen LogP contribution in [0.2, 0.25) is 0 Å². The SMILES string of the molecule is CCC1CCCC2(CC1)NC(C(=O)O)CS2. The van der Waals surface area contributed by atoms with Crippen molar-refractivity contribution in [2.75, 3.05) is 5.75 Å². The zero-order valence-corrected chi connectivity index (χ0v) is 10.7. The van der Waals surface area contributed by atoms with Gasteiger partial charge in [-0.15, -0.1) is 11.8 Å². The first-order valence-electron chi connectivity index (χ1n) is 6.30. The van der Waals surface area contributed by atoms with Crippen molar-refractivity contribution in [1.82, 2.24) is 5.32 Å². The summed E-state index contributed by atoms with van der Waals surface area (Å²) in [6.45, 7) is 2.26. The van der Waals surface area contributed by atoms with E-state index in [0.717, 1.165) is 24.5 Å². The molecule has 1 aliphatic carbocycles. The summed E-state index contributed by atoms with van der Waals surface area (Å²) in [7, 11) is 0. The molecule has 1 saturated heterocycles. The van der Waals surface area contributed by atoms with Crippen LogP contribution in [0.5, 0.6) is 0 Å². The maximum Gasteiger partial charge on any atom is 0.321 e. The van der Waals surface area contributed by atoms with Gasteiger partial charge in [0, 0.05) is 5.75 Å². The molecule has 1 spiro atoms. The standard InChI is InChI=1S/C12H21NO2S/c1-2-9-4-3-6-12(7-5-9)13-10(8-16-12)11(14)15/h9-10,13H,2-8H2,1H3,(H,14,15). The molecule has 1 heterocycles. The van der Waals surface area contributed by atoms with Crippen LogP contribution in [-0.2, 0) is 4.79 Å². The fourth-order valence-electron chi connectivity index (χ4n) is 2.86. The number of carboxylic acids is 1. The lowest BCUT2D eigenvalue weighted by Gasteiger charge is -2.27. The van der Waals surface area contributed by atoms with Crippen molar-refractivity contribution < 1.29 is 9.90 Å². The van der Waals surface area contributed by atoms with Crippen LogP contribution < -0.4 is 5.32 Å². The summed E-state index contributed by atoms with van der Waals surface area (Å²) in [5.41, 5.74) is 0. The highest BCUT2D eigenvalue weighted by Crippen LogP contribution is 2.43. The van der Waals surface area contributed by atoms with E-state index >= 15 is 0 Å². The molecule has 0 radical (unpaired) electrons. The number of rotatable bonds is 2. The maximum absolute atomic E-state index is 11.0. The van der Waals surface area contributed by atoms with Crippen LogP contribution in [-0.4, -0.2) is 27.7 Å². The quantitative estimate of drug-likeness (QED) is 0.782. The van der Waals surface area contributed by atoms with Gasteiger partial charge >= 0.3 is 5.97 Å². The van der Waals surface area contributed by atoms with Crippen LogP contribution in [0.15, 0.2) is 0 Å². The molecule has 3 nitrogen and oxygen atoms in total. The Morgan fingerprint density at radius 1 is 1.50 bits per heavy atom. The predicted molar refractivity (Wildman–Crippen MR) is 66.6 cm³/mol. The Morgan fingerprint density at radius 3 is 2.94 bits per heavy atom. The predicted octanol–water partition coefficient (Wildman–Crippen LogP) is 2.46. The van der Waals surface area contributed by atoms with Gasteiger partial charge in [0.05, 0.1) is 4.87 Å². The molecule has 92 valence electrons. The Bertz CT molecular complexity index is 272. The van der Waals surface area contributed by atoms with Crippen molar-refractivity contribution in [3.05, 3.63) is 0 Å². The molecule has 0 aromatic carbocycles. The molecule has 3 atom stereocenters. The summed E-state index contributed by atoms with van der Waals surface area (Å²) in [6.07, 6.45) is 7.35. The second-order valence-electron chi connectivity index (χ2n) is 5.05. The minimum absolute atomic E-state index is 0.0764. The number of hydrogen-bond acceptors (Lipinski definition) is 3. The fourth-order valence-corrected chi connectivity index (χ4v) is 4.34. The van der Waals surface area contributed by atoms with Gasteiger partial charge in [0.2, 0.25) is 0 Å². The van der Waals surface area contributed by atoms with E-state index < -0.39 is 5.97 Å². The summed E-state index contributed by atoms with van der Waals surface area (Å²) in [6, 6.07) is -0.330. The highest BCUT2D eigenvalue weighted by atomic mass is 32.2. The third kappa shape index (κ3) is 2.54. The van der Waals surface area contributed by atoms with E-state index in [0.29, 0.717) is 0 Å². The lowest BCUT2D eigenvalue weighted by molar-refractivity contribution is -0.138. The molecule has 2 aliphatic rings. The molecule has 0 aromatic heterocycles. The zero-order chi connectivity index (χ0) is 11.6. The molecule has 0 bridgehead atoms. The van der Waals surface area contributed by atoms with E-state index in [-0.39, 0.29) is 10.9 Å². The van der Waals surface area contributed by atoms with Crippen LogP contribution in [0.25, 0.3) is 0 Å². The normalized spacial score (nSPS) is 39.8. The average Bonchev–Trinajstić information content (AvgIpc) is 2.56. The Balaban J connectivity index is 1.96. The average molecular weight is 243 g/mol. The Labute approximate surface area is 101 Å². The van der Waals surface area contributed by atoms with Gasteiger partial charge in [-0.25, -0.2) is 0 Å². The molecule has 3 unspecified atom stereocenters. The third-order valence-corrected chi connectivity index (χ3v) is 5.57. The Kier molecular flexibility index (Phi) is 3.80. The molecule has 1 aliphatic heterocycles. The molecule has 2 N–H and O–H groups in total. The van der Waals surface area contributed by atoms with Gasteiger partial charge in [-0.05, 0) is 25.2 Å². The Hall–Kier alpha value is -0.220. The van der Waals surface area contributed by atoms with E-state index in [1.807, 2.05) is 11.8 Å². The minimum Gasteiger partial charge on any atom is -0.480 e. The number of hydrogen-bond donors (Lipinski definition) is 2. The molecule has 2 rings (SSSR count). The van der Waals surface area contributed by atoms with E-state index in [4.69, 9.17) is 5.11 Å². The molecule has 0 aromatic rings. The molecular weight excluding hydrogens is 222 g/mol. The first-order valence-corrected chi connectivity index (χ1v) is 7.28. The highest BCUT2D eigenvalue weighted by molar-refractivity contribution is 8.00. The maximum atomic E-state index is 11.0. The number of carbonyl (C=O) groups is 1. The van der Waals surface area contributed by atoms with Gasteiger partial charge in [-0.1, -0.05) is 26.2 Å². The molecule has 2 fully saturated rings. The second-order valence-corrected chi connectivity index (χ2v) is 6.45. The van der Waals surface area contributed by atoms with E-state index in [1.165, 1.54) is 25.7 Å². The smallest absolute Gasteiger partial charge is 0.321 e. The first-order chi connectivity index (χ1) is 7.65. The summed E-state index contributed by atoms with van der Waals surface area (Å²) in [5.74, 6) is 0.887. The number of aliphatic carboxylic acids is 1. The summed E-state index contributed by atoms with van der Waals surface area (Å²) < 4.78 is 0. The summed E-state index contributed by atoms with van der Waals surface area (Å²) in [5, 5.41) is 12.4. The lowest BCUT2D eigenvalue weighted by Crippen LogP contribution is -2.44. The van der Waals surface area contributed by atoms with E-state index in [1.54, 1.807) is 0 Å².